The highest BCUT2D eigenvalue weighted by Gasteiger charge is 2.30. The van der Waals surface area contributed by atoms with Crippen LogP contribution in [0.2, 0.25) is 0 Å². The van der Waals surface area contributed by atoms with Crippen LogP contribution in [0.3, 0.4) is 0 Å². The van der Waals surface area contributed by atoms with Crippen molar-refractivity contribution in [1.29, 1.82) is 0 Å². The summed E-state index contributed by atoms with van der Waals surface area (Å²) in [4.78, 5) is 0.470. The number of hydrogen-bond acceptors (Lipinski definition) is 5. The smallest absolute Gasteiger partial charge is 0.253 e. The van der Waals surface area contributed by atoms with E-state index in [0.29, 0.717) is 29.1 Å². The zero-order valence-corrected chi connectivity index (χ0v) is 8.10. The van der Waals surface area contributed by atoms with Gasteiger partial charge < -0.3 is 5.21 Å². The Hall–Kier alpha value is -1.98. The van der Waals surface area contributed by atoms with Crippen LogP contribution < -0.4 is 4.90 Å². The molecule has 3 rings (SSSR count). The molecule has 0 unspecified atom stereocenters. The minimum atomic E-state index is 0.470. The molecule has 6 heteroatoms. The normalized spacial score (nSPS) is 13.4. The van der Waals surface area contributed by atoms with Crippen LogP contribution in [0.5, 0.6) is 0 Å². The Kier molecular flexibility index (Phi) is 1.53. The Labute approximate surface area is 85.1 Å². The molecule has 6 nitrogen and oxygen atoms in total. The number of rotatable bonds is 0. The van der Waals surface area contributed by atoms with E-state index < -0.39 is 0 Å². The largest absolute Gasteiger partial charge is 0.359 e. The lowest BCUT2D eigenvalue weighted by molar-refractivity contribution is -0.807. The molecule has 76 valence electrons. The monoisotopic (exact) mass is 204 g/mol. The van der Waals surface area contributed by atoms with Crippen molar-refractivity contribution in [3.63, 3.8) is 0 Å². The molecule has 1 aliphatic carbocycles. The Morgan fingerprint density at radius 3 is 3.20 bits per heavy atom. The lowest BCUT2D eigenvalue weighted by Gasteiger charge is -2.10. The summed E-state index contributed by atoms with van der Waals surface area (Å²) in [6.45, 7) is 1.92. The van der Waals surface area contributed by atoms with Crippen molar-refractivity contribution in [2.75, 3.05) is 0 Å². The highest BCUT2D eigenvalue weighted by molar-refractivity contribution is 5.68. The number of hydrogen-bond donors (Lipinski definition) is 0. The van der Waals surface area contributed by atoms with Gasteiger partial charge in [0.2, 0.25) is 5.69 Å². The van der Waals surface area contributed by atoms with Crippen molar-refractivity contribution < 1.29 is 9.53 Å². The van der Waals surface area contributed by atoms with Gasteiger partial charge in [0.1, 0.15) is 0 Å². The summed E-state index contributed by atoms with van der Waals surface area (Å²) >= 11 is 0. The second-order valence-corrected chi connectivity index (χ2v) is 3.57. The van der Waals surface area contributed by atoms with Crippen LogP contribution in [0.4, 0.5) is 0 Å². The van der Waals surface area contributed by atoms with Gasteiger partial charge in [-0.2, -0.15) is 10.2 Å². The fourth-order valence-electron chi connectivity index (χ4n) is 1.93. The van der Waals surface area contributed by atoms with Gasteiger partial charge in [0.05, 0.1) is 17.5 Å². The fourth-order valence-corrected chi connectivity index (χ4v) is 1.93. The summed E-state index contributed by atoms with van der Waals surface area (Å²) in [6, 6.07) is 0. The van der Waals surface area contributed by atoms with E-state index in [9.17, 15) is 5.21 Å². The summed E-state index contributed by atoms with van der Waals surface area (Å²) in [5, 5.41) is 22.9. The van der Waals surface area contributed by atoms with E-state index in [4.69, 9.17) is 0 Å². The van der Waals surface area contributed by atoms with Crippen molar-refractivity contribution in [3.8, 4) is 11.3 Å². The maximum atomic E-state index is 11.2. The van der Waals surface area contributed by atoms with E-state index in [1.54, 1.807) is 6.20 Å². The van der Waals surface area contributed by atoms with Gasteiger partial charge in [-0.1, -0.05) is 0 Å². The maximum Gasteiger partial charge on any atom is 0.253 e. The van der Waals surface area contributed by atoms with Gasteiger partial charge in [0.25, 0.3) is 5.69 Å². The van der Waals surface area contributed by atoms with E-state index >= 15 is 0 Å². The molecule has 1 aliphatic rings. The molecule has 0 atom stereocenters. The first-order chi connectivity index (χ1) is 7.27. The molecular formula is C9H8N4O2. The lowest BCUT2D eigenvalue weighted by Crippen LogP contribution is -2.30. The maximum absolute atomic E-state index is 11.2. The van der Waals surface area contributed by atoms with E-state index in [-0.39, 0.29) is 0 Å². The fraction of sp³-hybridized carbons (Fsp3) is 0.333. The topological polar surface area (TPSA) is 78.8 Å². The molecule has 2 heterocycles. The Balaban J connectivity index is 2.33. The van der Waals surface area contributed by atoms with Gasteiger partial charge in [-0.3, -0.25) is 4.63 Å². The first-order valence-electron chi connectivity index (χ1n) is 4.67. The van der Waals surface area contributed by atoms with Crippen LogP contribution in [0.1, 0.15) is 17.0 Å². The Morgan fingerprint density at radius 1 is 1.47 bits per heavy atom. The zero-order chi connectivity index (χ0) is 10.4. The number of nitrogens with zero attached hydrogens (tertiary/aromatic N) is 4. The summed E-state index contributed by atoms with van der Waals surface area (Å²) in [5.41, 5.74) is 3.94. The number of aryl methyl sites for hydroxylation is 2. The van der Waals surface area contributed by atoms with Crippen molar-refractivity contribution in [3.05, 3.63) is 28.4 Å². The van der Waals surface area contributed by atoms with E-state index in [0.717, 1.165) is 16.8 Å². The molecule has 15 heavy (non-hydrogen) atoms. The molecule has 0 aliphatic heterocycles. The number of fused-ring (bicyclic) bond motifs is 3. The first kappa shape index (κ1) is 8.34. The van der Waals surface area contributed by atoms with Crippen LogP contribution in [0, 0.1) is 12.1 Å². The van der Waals surface area contributed by atoms with Crippen LogP contribution in [-0.4, -0.2) is 15.4 Å². The summed E-state index contributed by atoms with van der Waals surface area (Å²) in [6.07, 6.45) is 2.98. The van der Waals surface area contributed by atoms with Crippen molar-refractivity contribution in [2.24, 2.45) is 0 Å². The minimum Gasteiger partial charge on any atom is -0.359 e. The summed E-state index contributed by atoms with van der Waals surface area (Å²) < 4.78 is 4.59. The molecule has 0 N–H and O–H groups in total. The van der Waals surface area contributed by atoms with Crippen molar-refractivity contribution >= 4 is 0 Å². The van der Waals surface area contributed by atoms with E-state index in [1.807, 2.05) is 6.92 Å². The highest BCUT2D eigenvalue weighted by atomic mass is 16.8. The highest BCUT2D eigenvalue weighted by Crippen LogP contribution is 2.30. The zero-order valence-electron chi connectivity index (χ0n) is 8.10. The third kappa shape index (κ3) is 1.04. The summed E-state index contributed by atoms with van der Waals surface area (Å²) in [5.74, 6) is 0. The minimum absolute atomic E-state index is 0.470. The molecule has 0 amide bonds. The van der Waals surface area contributed by atoms with Gasteiger partial charge in [-0.05, 0) is 17.4 Å². The van der Waals surface area contributed by atoms with E-state index in [2.05, 4.69) is 20.0 Å². The second-order valence-electron chi connectivity index (χ2n) is 3.57. The third-order valence-corrected chi connectivity index (χ3v) is 2.65. The van der Waals surface area contributed by atoms with Gasteiger partial charge >= 0.3 is 0 Å². The average Bonchev–Trinajstić information content (AvgIpc) is 2.61. The summed E-state index contributed by atoms with van der Waals surface area (Å²) in [7, 11) is 0. The second kappa shape index (κ2) is 2.75. The third-order valence-electron chi connectivity index (χ3n) is 2.65. The molecular weight excluding hydrogens is 196 g/mol. The molecule has 0 saturated heterocycles. The number of aromatic nitrogens is 4. The van der Waals surface area contributed by atoms with Gasteiger partial charge in [-0.25, -0.2) is 0 Å². The average molecular weight is 204 g/mol. The Morgan fingerprint density at radius 2 is 2.33 bits per heavy atom. The molecule has 0 saturated carbocycles. The van der Waals surface area contributed by atoms with Gasteiger partial charge in [0, 0.05) is 18.0 Å². The molecule has 0 bridgehead atoms. The van der Waals surface area contributed by atoms with Gasteiger partial charge in [-0.15, -0.1) is 0 Å². The molecule has 0 radical (unpaired) electrons. The first-order valence-corrected chi connectivity index (χ1v) is 4.67. The van der Waals surface area contributed by atoms with Crippen molar-refractivity contribution in [2.45, 2.75) is 19.8 Å². The predicted molar refractivity (Wildman–Crippen MR) is 48.6 cm³/mol. The van der Waals surface area contributed by atoms with E-state index in [1.165, 1.54) is 0 Å². The van der Waals surface area contributed by atoms with Gasteiger partial charge in [0.15, 0.2) is 0 Å². The van der Waals surface area contributed by atoms with Crippen LogP contribution in [0.15, 0.2) is 10.8 Å². The quantitative estimate of drug-likeness (QED) is 0.571. The van der Waals surface area contributed by atoms with Crippen molar-refractivity contribution in [1.82, 2.24) is 15.4 Å². The SMILES string of the molecule is Cc1cnnc2c1-c1no[n+]([O-])c1CC2. The Bertz CT molecular complexity index is 535. The van der Waals surface area contributed by atoms with Crippen LogP contribution in [-0.2, 0) is 12.8 Å². The molecule has 0 spiro atoms. The standard InChI is InChI=1S/C9H8N4O2/c1-5-4-10-11-6-2-3-7-9(8(5)6)12-15-13(7)14/h4H,2-3H2,1H3. The predicted octanol–water partition coefficient (Wildman–Crippen LogP) is 0.172. The molecule has 0 fully saturated rings. The van der Waals surface area contributed by atoms with Crippen LogP contribution in [0.25, 0.3) is 11.3 Å². The molecule has 0 aromatic carbocycles. The lowest BCUT2D eigenvalue weighted by atomic mass is 9.94. The molecule has 2 aromatic rings. The molecule has 2 aromatic heterocycles. The van der Waals surface area contributed by atoms with Crippen LogP contribution >= 0.6 is 0 Å².